The molecule has 0 unspecified atom stereocenters. The zero-order chi connectivity index (χ0) is 26.6. The van der Waals surface area contributed by atoms with Gasteiger partial charge in [0.05, 0.1) is 42.7 Å². The second-order valence-electron chi connectivity index (χ2n) is 9.13. The van der Waals surface area contributed by atoms with Gasteiger partial charge in [-0.25, -0.2) is 24.9 Å². The number of imidazole rings is 2. The number of aryl methyl sites for hydroxylation is 3. The van der Waals surface area contributed by atoms with Crippen LogP contribution in [0.4, 0.5) is 0 Å². The summed E-state index contributed by atoms with van der Waals surface area (Å²) < 4.78 is 3.28. The monoisotopic (exact) mass is 494 g/mol. The van der Waals surface area contributed by atoms with Gasteiger partial charge in [-0.3, -0.25) is 18.9 Å². The Morgan fingerprint density at radius 2 is 1.25 bits per heavy atom. The Balaban J connectivity index is 0.000000201. The molecule has 3 N–H and O–H groups in total. The number of hydrogen-bond donors (Lipinski definition) is 3. The van der Waals surface area contributed by atoms with Crippen LogP contribution >= 0.6 is 0 Å². The molecule has 0 aliphatic carbocycles. The number of nitrogens with one attached hydrogen (secondary N) is 1. The van der Waals surface area contributed by atoms with Crippen molar-refractivity contribution >= 4 is 0 Å². The zero-order valence-corrected chi connectivity index (χ0v) is 21.8. The standard InChI is InChI=1S/C13H18N4O.C12H16N4O2/c1-8(2)12-9(3)15-13(16-10(12)4)17-7-14-5-11(17)6-18;1-7(2)10-8(3)14-12(15-11(10)18)16-6-13-4-9(16)5-17/h5,7-8,18H,6H2,1-4H3;4,6-7,17H,5H2,1-3H3,(H,14,15,18). The molecule has 4 aromatic heterocycles. The van der Waals surface area contributed by atoms with Gasteiger partial charge < -0.3 is 10.2 Å². The fraction of sp³-hybridized carbons (Fsp3) is 0.440. The lowest BCUT2D eigenvalue weighted by molar-refractivity contribution is 0.274. The number of aliphatic hydroxyl groups excluding tert-OH is 2. The molecule has 11 heteroatoms. The van der Waals surface area contributed by atoms with E-state index in [9.17, 15) is 9.90 Å². The molecule has 0 aliphatic heterocycles. The van der Waals surface area contributed by atoms with E-state index in [1.807, 2.05) is 34.6 Å². The summed E-state index contributed by atoms with van der Waals surface area (Å²) in [6, 6.07) is 0. The molecular weight excluding hydrogens is 460 g/mol. The third-order valence-electron chi connectivity index (χ3n) is 5.80. The molecule has 0 saturated carbocycles. The van der Waals surface area contributed by atoms with Crippen LogP contribution in [-0.4, -0.2) is 49.3 Å². The number of aliphatic hydroxyl groups is 2. The van der Waals surface area contributed by atoms with E-state index in [0.717, 1.165) is 11.4 Å². The normalized spacial score (nSPS) is 11.2. The summed E-state index contributed by atoms with van der Waals surface area (Å²) in [5, 5.41) is 18.4. The van der Waals surface area contributed by atoms with Crippen LogP contribution in [0.3, 0.4) is 0 Å². The highest BCUT2D eigenvalue weighted by Gasteiger charge is 2.15. The number of aromatic nitrogens is 8. The first-order valence-electron chi connectivity index (χ1n) is 11.8. The minimum atomic E-state index is -0.158. The summed E-state index contributed by atoms with van der Waals surface area (Å²) in [6.07, 6.45) is 6.28. The fourth-order valence-electron chi connectivity index (χ4n) is 4.27. The Bertz CT molecular complexity index is 1360. The molecule has 0 aliphatic rings. The van der Waals surface area contributed by atoms with Crippen molar-refractivity contribution in [1.29, 1.82) is 0 Å². The Labute approximate surface area is 210 Å². The van der Waals surface area contributed by atoms with E-state index in [4.69, 9.17) is 5.11 Å². The van der Waals surface area contributed by atoms with Gasteiger partial charge in [0.1, 0.15) is 12.7 Å². The van der Waals surface area contributed by atoms with Crippen LogP contribution in [0, 0.1) is 20.8 Å². The Hall–Kier alpha value is -3.70. The second kappa shape index (κ2) is 11.4. The molecule has 192 valence electrons. The van der Waals surface area contributed by atoms with Gasteiger partial charge in [0.15, 0.2) is 0 Å². The quantitative estimate of drug-likeness (QED) is 0.371. The molecule has 4 heterocycles. The van der Waals surface area contributed by atoms with Gasteiger partial charge in [-0.2, -0.15) is 0 Å². The molecule has 4 aromatic rings. The lowest BCUT2D eigenvalue weighted by Gasteiger charge is -2.14. The summed E-state index contributed by atoms with van der Waals surface area (Å²) in [4.78, 5) is 36.0. The summed E-state index contributed by atoms with van der Waals surface area (Å²) in [5.74, 6) is 1.47. The lowest BCUT2D eigenvalue weighted by Crippen LogP contribution is -2.21. The lowest BCUT2D eigenvalue weighted by atomic mass is 10.0. The first-order valence-corrected chi connectivity index (χ1v) is 11.8. The fourth-order valence-corrected chi connectivity index (χ4v) is 4.27. The van der Waals surface area contributed by atoms with E-state index in [0.29, 0.717) is 40.5 Å². The second-order valence-corrected chi connectivity index (χ2v) is 9.13. The first-order chi connectivity index (χ1) is 17.1. The molecule has 0 fully saturated rings. The minimum absolute atomic E-state index is 0.0760. The maximum Gasteiger partial charge on any atom is 0.255 e. The highest BCUT2D eigenvalue weighted by Crippen LogP contribution is 2.22. The molecule has 0 amide bonds. The van der Waals surface area contributed by atoms with Crippen molar-refractivity contribution in [3.8, 4) is 11.9 Å². The van der Waals surface area contributed by atoms with E-state index in [2.05, 4.69) is 43.8 Å². The van der Waals surface area contributed by atoms with Gasteiger partial charge in [0, 0.05) is 17.0 Å². The molecule has 0 atom stereocenters. The van der Waals surface area contributed by atoms with Gasteiger partial charge in [-0.05, 0) is 38.2 Å². The van der Waals surface area contributed by atoms with Crippen molar-refractivity contribution in [3.05, 3.63) is 75.0 Å². The van der Waals surface area contributed by atoms with Crippen molar-refractivity contribution < 1.29 is 10.2 Å². The van der Waals surface area contributed by atoms with Crippen LogP contribution in [0.2, 0.25) is 0 Å². The number of rotatable bonds is 6. The third kappa shape index (κ3) is 5.58. The Kier molecular flexibility index (Phi) is 8.49. The first kappa shape index (κ1) is 26.9. The van der Waals surface area contributed by atoms with Crippen LogP contribution in [0.1, 0.15) is 79.1 Å². The molecular formula is C25H34N8O3. The molecule has 36 heavy (non-hydrogen) atoms. The number of aromatic amines is 1. The van der Waals surface area contributed by atoms with Crippen molar-refractivity contribution in [2.24, 2.45) is 0 Å². The number of hydrogen-bond acceptors (Lipinski definition) is 8. The van der Waals surface area contributed by atoms with E-state index in [-0.39, 0.29) is 24.7 Å². The predicted octanol–water partition coefficient (Wildman–Crippen LogP) is 2.77. The maximum atomic E-state index is 12.0. The molecule has 4 rings (SSSR count). The largest absolute Gasteiger partial charge is 0.390 e. The molecule has 0 spiro atoms. The van der Waals surface area contributed by atoms with Crippen LogP contribution in [-0.2, 0) is 13.2 Å². The van der Waals surface area contributed by atoms with Gasteiger partial charge in [-0.15, -0.1) is 0 Å². The van der Waals surface area contributed by atoms with Gasteiger partial charge >= 0.3 is 0 Å². The van der Waals surface area contributed by atoms with Crippen LogP contribution in [0.15, 0.2) is 29.8 Å². The third-order valence-corrected chi connectivity index (χ3v) is 5.80. The Morgan fingerprint density at radius 3 is 1.72 bits per heavy atom. The topological polar surface area (TPSA) is 148 Å². The molecule has 0 radical (unpaired) electrons. The smallest absolute Gasteiger partial charge is 0.255 e. The molecule has 0 saturated heterocycles. The number of H-pyrrole nitrogens is 1. The number of nitrogens with zero attached hydrogens (tertiary/aromatic N) is 7. The van der Waals surface area contributed by atoms with Gasteiger partial charge in [0.25, 0.3) is 5.56 Å². The highest BCUT2D eigenvalue weighted by molar-refractivity contribution is 5.31. The molecule has 11 nitrogen and oxygen atoms in total. The SMILES string of the molecule is Cc1nc(-n2cncc2CO)[nH]c(=O)c1C(C)C.Cc1nc(-n2cncc2CO)nc(C)c1C(C)C. The molecule has 0 bridgehead atoms. The van der Waals surface area contributed by atoms with Gasteiger partial charge in [0.2, 0.25) is 11.9 Å². The average Bonchev–Trinajstić information content (AvgIpc) is 3.47. The van der Waals surface area contributed by atoms with Crippen molar-refractivity contribution in [3.63, 3.8) is 0 Å². The molecule has 0 aromatic carbocycles. The Morgan fingerprint density at radius 1 is 0.778 bits per heavy atom. The van der Waals surface area contributed by atoms with Crippen LogP contribution < -0.4 is 5.56 Å². The zero-order valence-electron chi connectivity index (χ0n) is 21.8. The summed E-state index contributed by atoms with van der Waals surface area (Å²) in [7, 11) is 0. The highest BCUT2D eigenvalue weighted by atomic mass is 16.3. The van der Waals surface area contributed by atoms with Crippen molar-refractivity contribution in [2.75, 3.05) is 0 Å². The summed E-state index contributed by atoms with van der Waals surface area (Å²) in [5.41, 5.74) is 5.64. The van der Waals surface area contributed by atoms with E-state index in [1.165, 1.54) is 18.1 Å². The summed E-state index contributed by atoms with van der Waals surface area (Å²) >= 11 is 0. The van der Waals surface area contributed by atoms with Crippen molar-refractivity contribution in [1.82, 2.24) is 39.0 Å². The minimum Gasteiger partial charge on any atom is -0.390 e. The van der Waals surface area contributed by atoms with E-state index < -0.39 is 0 Å². The average molecular weight is 495 g/mol. The van der Waals surface area contributed by atoms with Crippen molar-refractivity contribution in [2.45, 2.75) is 73.5 Å². The summed E-state index contributed by atoms with van der Waals surface area (Å²) in [6.45, 7) is 13.7. The van der Waals surface area contributed by atoms with Gasteiger partial charge in [-0.1, -0.05) is 27.7 Å². The van der Waals surface area contributed by atoms with E-state index in [1.54, 1.807) is 21.7 Å². The van der Waals surface area contributed by atoms with Crippen LogP contribution in [0.25, 0.3) is 11.9 Å². The predicted molar refractivity (Wildman–Crippen MR) is 135 cm³/mol. The van der Waals surface area contributed by atoms with E-state index >= 15 is 0 Å². The van der Waals surface area contributed by atoms with Crippen LogP contribution in [0.5, 0.6) is 0 Å². The maximum absolute atomic E-state index is 12.0.